The molecule has 146 valence electrons. The van der Waals surface area contributed by atoms with E-state index in [0.717, 1.165) is 5.56 Å². The minimum Gasteiger partial charge on any atom is -0.478 e. The molecule has 0 aliphatic rings. The molecule has 2 heterocycles. The predicted molar refractivity (Wildman–Crippen MR) is 105 cm³/mol. The molecule has 1 amide bonds. The Balaban J connectivity index is 1.71. The van der Waals surface area contributed by atoms with Crippen LogP contribution in [0.5, 0.6) is 0 Å². The Morgan fingerprint density at radius 2 is 1.96 bits per heavy atom. The van der Waals surface area contributed by atoms with Crippen LogP contribution in [0.3, 0.4) is 0 Å². The fourth-order valence-corrected chi connectivity index (χ4v) is 3.05. The zero-order valence-electron chi connectivity index (χ0n) is 14.4. The first-order valence-electron chi connectivity index (χ1n) is 8.00. The van der Waals surface area contributed by atoms with E-state index in [1.54, 1.807) is 31.3 Å². The van der Waals surface area contributed by atoms with Crippen molar-refractivity contribution < 1.29 is 14.7 Å². The summed E-state index contributed by atoms with van der Waals surface area (Å²) in [4.78, 5) is 23.4. The van der Waals surface area contributed by atoms with Gasteiger partial charge in [0.15, 0.2) is 5.82 Å². The molecular formula is C17H14Cl3N5O3. The molecule has 0 aliphatic heterocycles. The predicted octanol–water partition coefficient (Wildman–Crippen LogP) is 3.99. The van der Waals surface area contributed by atoms with Gasteiger partial charge in [0.1, 0.15) is 11.1 Å². The van der Waals surface area contributed by atoms with E-state index in [4.69, 9.17) is 39.9 Å². The monoisotopic (exact) mass is 441 g/mol. The van der Waals surface area contributed by atoms with Gasteiger partial charge in [0.05, 0.1) is 18.3 Å². The number of aromatic carboxylic acids is 1. The second-order valence-electron chi connectivity index (χ2n) is 5.94. The van der Waals surface area contributed by atoms with Crippen LogP contribution < -0.4 is 5.32 Å². The lowest BCUT2D eigenvalue weighted by atomic mass is 10.2. The van der Waals surface area contributed by atoms with Crippen molar-refractivity contribution in [3.8, 4) is 0 Å². The van der Waals surface area contributed by atoms with E-state index >= 15 is 0 Å². The number of amides is 1. The minimum atomic E-state index is -1.12. The Labute approximate surface area is 174 Å². The van der Waals surface area contributed by atoms with Gasteiger partial charge in [-0.05, 0) is 24.6 Å². The Morgan fingerprint density at radius 1 is 1.21 bits per heavy atom. The molecule has 1 aromatic carbocycles. The van der Waals surface area contributed by atoms with Gasteiger partial charge < -0.3 is 10.4 Å². The normalized spacial score (nSPS) is 12.0. The summed E-state index contributed by atoms with van der Waals surface area (Å²) >= 11 is 18.2. The van der Waals surface area contributed by atoms with Crippen molar-refractivity contribution in [2.45, 2.75) is 19.5 Å². The summed E-state index contributed by atoms with van der Waals surface area (Å²) in [6.45, 7) is 1.91. The quantitative estimate of drug-likeness (QED) is 0.601. The number of carbonyl (C=O) groups is 2. The molecule has 28 heavy (non-hydrogen) atoms. The number of hydrogen-bond acceptors (Lipinski definition) is 4. The van der Waals surface area contributed by atoms with Crippen LogP contribution in [0.25, 0.3) is 0 Å². The third-order valence-corrected chi connectivity index (χ3v) is 4.79. The SMILES string of the molecule is CC(C(=O)Nc1nn(Cc2ccc(Cl)cc2Cl)cc1Cl)n1cc(C(=O)O)cn1. The van der Waals surface area contributed by atoms with Crippen molar-refractivity contribution in [1.82, 2.24) is 19.6 Å². The van der Waals surface area contributed by atoms with Crippen LogP contribution >= 0.6 is 34.8 Å². The number of nitrogens with zero attached hydrogens (tertiary/aromatic N) is 4. The Morgan fingerprint density at radius 3 is 2.61 bits per heavy atom. The molecule has 8 nitrogen and oxygen atoms in total. The van der Waals surface area contributed by atoms with Gasteiger partial charge in [0, 0.05) is 22.4 Å². The second kappa shape index (κ2) is 8.22. The molecule has 0 fully saturated rings. The lowest BCUT2D eigenvalue weighted by molar-refractivity contribution is -0.119. The Bertz CT molecular complexity index is 1050. The summed E-state index contributed by atoms with van der Waals surface area (Å²) in [7, 11) is 0. The van der Waals surface area contributed by atoms with Crippen molar-refractivity contribution >= 4 is 52.5 Å². The Hall–Kier alpha value is -2.55. The molecule has 3 rings (SSSR count). The highest BCUT2D eigenvalue weighted by Gasteiger charge is 2.20. The minimum absolute atomic E-state index is 0.0122. The standard InChI is InChI=1S/C17H14Cl3N5O3/c1-9(25-7-11(5-21-25)17(27)28)16(26)22-15-14(20)8-24(23-15)6-10-2-3-12(18)4-13(10)19/h2-5,7-9H,6H2,1H3,(H,27,28)(H,22,23,26). The van der Waals surface area contributed by atoms with E-state index in [9.17, 15) is 9.59 Å². The summed E-state index contributed by atoms with van der Waals surface area (Å²) in [5, 5.41) is 21.0. The molecule has 0 bridgehead atoms. The highest BCUT2D eigenvalue weighted by Crippen LogP contribution is 2.25. The van der Waals surface area contributed by atoms with Crippen LogP contribution in [-0.2, 0) is 11.3 Å². The van der Waals surface area contributed by atoms with Crippen molar-refractivity contribution in [3.05, 3.63) is 63.0 Å². The van der Waals surface area contributed by atoms with E-state index in [0.29, 0.717) is 16.6 Å². The first-order chi connectivity index (χ1) is 13.2. The van der Waals surface area contributed by atoms with E-state index in [-0.39, 0.29) is 16.4 Å². The summed E-state index contributed by atoms with van der Waals surface area (Å²) in [5.41, 5.74) is 0.774. The van der Waals surface area contributed by atoms with E-state index in [1.165, 1.54) is 21.8 Å². The maximum Gasteiger partial charge on any atom is 0.338 e. The number of nitrogens with one attached hydrogen (secondary N) is 1. The highest BCUT2D eigenvalue weighted by atomic mass is 35.5. The highest BCUT2D eigenvalue weighted by molar-refractivity contribution is 6.35. The van der Waals surface area contributed by atoms with Gasteiger partial charge in [-0.3, -0.25) is 14.2 Å². The van der Waals surface area contributed by atoms with Crippen LogP contribution in [0.15, 0.2) is 36.8 Å². The molecule has 11 heteroatoms. The van der Waals surface area contributed by atoms with Crippen LogP contribution in [-0.4, -0.2) is 36.5 Å². The summed E-state index contributed by atoms with van der Waals surface area (Å²) in [6, 6.07) is 4.36. The molecule has 1 unspecified atom stereocenters. The zero-order valence-corrected chi connectivity index (χ0v) is 16.7. The van der Waals surface area contributed by atoms with Crippen LogP contribution in [0.2, 0.25) is 15.1 Å². The number of halogens is 3. The number of anilines is 1. The number of hydrogen-bond donors (Lipinski definition) is 2. The van der Waals surface area contributed by atoms with Gasteiger partial charge in [-0.1, -0.05) is 40.9 Å². The summed E-state index contributed by atoms with van der Waals surface area (Å²) in [6.07, 6.45) is 4.00. The van der Waals surface area contributed by atoms with Crippen molar-refractivity contribution in [2.24, 2.45) is 0 Å². The van der Waals surface area contributed by atoms with Crippen LogP contribution in [0, 0.1) is 0 Å². The number of rotatable bonds is 6. The van der Waals surface area contributed by atoms with E-state index < -0.39 is 17.9 Å². The number of carbonyl (C=O) groups excluding carboxylic acids is 1. The van der Waals surface area contributed by atoms with Gasteiger partial charge in [0.2, 0.25) is 5.91 Å². The Kier molecular flexibility index (Phi) is 5.93. The molecule has 0 aliphatic carbocycles. The van der Waals surface area contributed by atoms with Gasteiger partial charge in [0.25, 0.3) is 0 Å². The van der Waals surface area contributed by atoms with E-state index in [2.05, 4.69) is 15.5 Å². The molecule has 2 N–H and O–H groups in total. The average Bonchev–Trinajstić information content (AvgIpc) is 3.24. The lowest BCUT2D eigenvalue weighted by Crippen LogP contribution is -2.24. The molecule has 0 saturated carbocycles. The summed E-state index contributed by atoms with van der Waals surface area (Å²) in [5.74, 6) is -1.40. The van der Waals surface area contributed by atoms with Gasteiger partial charge in [-0.15, -0.1) is 0 Å². The lowest BCUT2D eigenvalue weighted by Gasteiger charge is -2.11. The maximum atomic E-state index is 12.4. The topological polar surface area (TPSA) is 102 Å². The smallest absolute Gasteiger partial charge is 0.338 e. The number of benzene rings is 1. The average molecular weight is 443 g/mol. The maximum absolute atomic E-state index is 12.4. The molecule has 3 aromatic rings. The van der Waals surface area contributed by atoms with Crippen molar-refractivity contribution in [2.75, 3.05) is 5.32 Å². The number of aromatic nitrogens is 4. The molecule has 0 radical (unpaired) electrons. The second-order valence-corrected chi connectivity index (χ2v) is 7.19. The van der Waals surface area contributed by atoms with E-state index in [1.807, 2.05) is 0 Å². The first kappa shape index (κ1) is 20.2. The molecule has 2 aromatic heterocycles. The summed E-state index contributed by atoms with van der Waals surface area (Å²) < 4.78 is 2.78. The fraction of sp³-hybridized carbons (Fsp3) is 0.176. The van der Waals surface area contributed by atoms with Gasteiger partial charge in [-0.2, -0.15) is 10.2 Å². The molecule has 1 atom stereocenters. The fourth-order valence-electron chi connectivity index (χ4n) is 2.39. The first-order valence-corrected chi connectivity index (χ1v) is 9.13. The molecule has 0 saturated heterocycles. The zero-order chi connectivity index (χ0) is 20.4. The third-order valence-electron chi connectivity index (χ3n) is 3.93. The van der Waals surface area contributed by atoms with Crippen molar-refractivity contribution in [1.29, 1.82) is 0 Å². The van der Waals surface area contributed by atoms with Crippen LogP contribution in [0.1, 0.15) is 28.9 Å². The molecular weight excluding hydrogens is 429 g/mol. The third kappa shape index (κ3) is 4.46. The van der Waals surface area contributed by atoms with Crippen LogP contribution in [0.4, 0.5) is 5.82 Å². The van der Waals surface area contributed by atoms with Gasteiger partial charge >= 0.3 is 5.97 Å². The molecule has 0 spiro atoms. The largest absolute Gasteiger partial charge is 0.478 e. The number of carboxylic acids is 1. The van der Waals surface area contributed by atoms with Crippen molar-refractivity contribution in [3.63, 3.8) is 0 Å². The van der Waals surface area contributed by atoms with Gasteiger partial charge in [-0.25, -0.2) is 4.79 Å². The number of carboxylic acid groups (broad SMARTS) is 1.